The number of nitrogens with one attached hydrogen (secondary N) is 1. The maximum atomic E-state index is 12.3. The van der Waals surface area contributed by atoms with Gasteiger partial charge in [0.2, 0.25) is 0 Å². The van der Waals surface area contributed by atoms with E-state index in [2.05, 4.69) is 5.32 Å². The first kappa shape index (κ1) is 15.8. The lowest BCUT2D eigenvalue weighted by Gasteiger charge is -2.07. The van der Waals surface area contributed by atoms with E-state index in [4.69, 9.17) is 9.15 Å². The average Bonchev–Trinajstić information content (AvgIpc) is 2.60. The summed E-state index contributed by atoms with van der Waals surface area (Å²) < 4.78 is 10.8. The van der Waals surface area contributed by atoms with Crippen molar-refractivity contribution in [3.8, 4) is 5.75 Å². The van der Waals surface area contributed by atoms with Crippen molar-refractivity contribution in [3.63, 3.8) is 0 Å². The molecular formula is C19H17NO4. The third-order valence-electron chi connectivity index (χ3n) is 3.46. The van der Waals surface area contributed by atoms with E-state index in [1.165, 1.54) is 6.07 Å². The Labute approximate surface area is 138 Å². The van der Waals surface area contributed by atoms with E-state index in [1.807, 2.05) is 13.0 Å². The lowest BCUT2D eigenvalue weighted by atomic mass is 10.1. The number of hydrogen-bond donors (Lipinski definition) is 1. The molecule has 0 saturated heterocycles. The van der Waals surface area contributed by atoms with Crippen molar-refractivity contribution in [2.45, 2.75) is 13.3 Å². The van der Waals surface area contributed by atoms with Crippen molar-refractivity contribution in [3.05, 3.63) is 70.6 Å². The molecule has 5 nitrogen and oxygen atoms in total. The first-order valence-electron chi connectivity index (χ1n) is 7.74. The molecule has 0 aliphatic carbocycles. The Balaban J connectivity index is 1.90. The predicted molar refractivity (Wildman–Crippen MR) is 92.7 cm³/mol. The quantitative estimate of drug-likeness (QED) is 0.724. The summed E-state index contributed by atoms with van der Waals surface area (Å²) in [5.74, 6) is 0.136. The van der Waals surface area contributed by atoms with Gasteiger partial charge < -0.3 is 14.5 Å². The highest BCUT2D eigenvalue weighted by Crippen LogP contribution is 2.21. The van der Waals surface area contributed by atoms with Crippen LogP contribution in [0.2, 0.25) is 0 Å². The van der Waals surface area contributed by atoms with Gasteiger partial charge in [0.1, 0.15) is 16.9 Å². The summed E-state index contributed by atoms with van der Waals surface area (Å²) >= 11 is 0. The normalized spacial score (nSPS) is 10.5. The van der Waals surface area contributed by atoms with Crippen molar-refractivity contribution in [2.75, 3.05) is 11.9 Å². The molecule has 1 heterocycles. The lowest BCUT2D eigenvalue weighted by Crippen LogP contribution is -2.20. The monoisotopic (exact) mass is 323 g/mol. The molecule has 1 amide bonds. The molecule has 0 bridgehead atoms. The molecule has 1 N–H and O–H groups in total. The molecule has 3 rings (SSSR count). The molecule has 122 valence electrons. The summed E-state index contributed by atoms with van der Waals surface area (Å²) in [6.07, 6.45) is 0.889. The fraction of sp³-hybridized carbons (Fsp3) is 0.158. The number of fused-ring (bicyclic) bond motifs is 1. The van der Waals surface area contributed by atoms with E-state index in [0.717, 1.165) is 6.42 Å². The molecule has 0 radical (unpaired) electrons. The van der Waals surface area contributed by atoms with Gasteiger partial charge in [-0.15, -0.1) is 0 Å². The van der Waals surface area contributed by atoms with Crippen LogP contribution in [0, 0.1) is 0 Å². The van der Waals surface area contributed by atoms with Crippen LogP contribution in [0.4, 0.5) is 5.69 Å². The molecule has 0 spiro atoms. The summed E-state index contributed by atoms with van der Waals surface area (Å²) in [7, 11) is 0. The molecule has 2 aromatic carbocycles. The molecular weight excluding hydrogens is 306 g/mol. The van der Waals surface area contributed by atoms with E-state index in [9.17, 15) is 9.59 Å². The van der Waals surface area contributed by atoms with Crippen molar-refractivity contribution in [2.24, 2.45) is 0 Å². The Hall–Kier alpha value is -3.08. The molecule has 0 aliphatic rings. The molecule has 0 atom stereocenters. The maximum Gasteiger partial charge on any atom is 0.349 e. The highest BCUT2D eigenvalue weighted by Gasteiger charge is 2.14. The predicted octanol–water partition coefficient (Wildman–Crippen LogP) is 3.83. The van der Waals surface area contributed by atoms with Crippen molar-refractivity contribution in [1.29, 1.82) is 0 Å². The minimum atomic E-state index is -0.677. The number of carbonyl (C=O) groups is 1. The Morgan fingerprint density at radius 1 is 1.12 bits per heavy atom. The molecule has 5 heteroatoms. The van der Waals surface area contributed by atoms with Gasteiger partial charge in [-0.3, -0.25) is 4.79 Å². The van der Waals surface area contributed by atoms with Crippen LogP contribution in [0.25, 0.3) is 11.0 Å². The summed E-state index contributed by atoms with van der Waals surface area (Å²) in [4.78, 5) is 24.4. The second kappa shape index (κ2) is 7.00. The number of carbonyl (C=O) groups excluding carboxylic acids is 1. The van der Waals surface area contributed by atoms with Gasteiger partial charge in [-0.2, -0.15) is 0 Å². The minimum absolute atomic E-state index is 0.0337. The van der Waals surface area contributed by atoms with Crippen molar-refractivity contribution in [1.82, 2.24) is 0 Å². The lowest BCUT2D eigenvalue weighted by molar-refractivity contribution is 0.102. The zero-order valence-corrected chi connectivity index (χ0v) is 13.2. The van der Waals surface area contributed by atoms with Gasteiger partial charge in [-0.1, -0.05) is 25.1 Å². The van der Waals surface area contributed by atoms with Crippen LogP contribution in [0.5, 0.6) is 5.75 Å². The average molecular weight is 323 g/mol. The summed E-state index contributed by atoms with van der Waals surface area (Å²) in [5.41, 5.74) is 0.298. The van der Waals surface area contributed by atoms with Gasteiger partial charge in [0.25, 0.3) is 5.91 Å². The number of amides is 1. The van der Waals surface area contributed by atoms with Crippen LogP contribution in [-0.4, -0.2) is 12.5 Å². The van der Waals surface area contributed by atoms with Gasteiger partial charge in [0, 0.05) is 17.1 Å². The first-order chi connectivity index (χ1) is 11.7. The molecule has 0 saturated carbocycles. The topological polar surface area (TPSA) is 68.5 Å². The van der Waals surface area contributed by atoms with Crippen LogP contribution in [0.3, 0.4) is 0 Å². The standard InChI is InChI=1S/C19H17NO4/c1-2-10-23-15-9-8-13-11-16(19(22)24-17(13)12-15)18(21)20-14-6-4-3-5-7-14/h3-9,11-12H,2,10H2,1H3,(H,20,21). The second-order valence-corrected chi connectivity index (χ2v) is 5.32. The zero-order valence-electron chi connectivity index (χ0n) is 13.2. The highest BCUT2D eigenvalue weighted by atomic mass is 16.5. The van der Waals surface area contributed by atoms with Gasteiger partial charge in [0.15, 0.2) is 0 Å². The highest BCUT2D eigenvalue weighted by molar-refractivity contribution is 6.05. The summed E-state index contributed by atoms with van der Waals surface area (Å²) in [6.45, 7) is 2.60. The number of hydrogen-bond acceptors (Lipinski definition) is 4. The number of anilines is 1. The first-order valence-corrected chi connectivity index (χ1v) is 7.74. The van der Waals surface area contributed by atoms with Crippen LogP contribution in [0.15, 0.2) is 63.8 Å². The number of benzene rings is 2. The Morgan fingerprint density at radius 2 is 1.92 bits per heavy atom. The largest absolute Gasteiger partial charge is 0.493 e. The molecule has 3 aromatic rings. The summed E-state index contributed by atoms with van der Waals surface area (Å²) in [5, 5.41) is 3.34. The van der Waals surface area contributed by atoms with Gasteiger partial charge in [-0.25, -0.2) is 4.79 Å². The fourth-order valence-corrected chi connectivity index (χ4v) is 2.28. The Bertz CT molecular complexity index is 916. The third kappa shape index (κ3) is 3.46. The molecule has 0 aliphatic heterocycles. The second-order valence-electron chi connectivity index (χ2n) is 5.32. The van der Waals surface area contributed by atoms with E-state index in [1.54, 1.807) is 42.5 Å². The van der Waals surface area contributed by atoms with Crippen LogP contribution < -0.4 is 15.7 Å². The Morgan fingerprint density at radius 3 is 2.67 bits per heavy atom. The molecule has 1 aromatic heterocycles. The van der Waals surface area contributed by atoms with Gasteiger partial charge in [0.05, 0.1) is 6.61 Å². The van der Waals surface area contributed by atoms with Crippen LogP contribution in [0.1, 0.15) is 23.7 Å². The molecule has 0 fully saturated rings. The number of rotatable bonds is 5. The van der Waals surface area contributed by atoms with Gasteiger partial charge in [-0.05, 0) is 36.8 Å². The van der Waals surface area contributed by atoms with Crippen molar-refractivity contribution < 1.29 is 13.9 Å². The molecule has 0 unspecified atom stereocenters. The van der Waals surface area contributed by atoms with Gasteiger partial charge >= 0.3 is 5.63 Å². The maximum absolute atomic E-state index is 12.3. The zero-order chi connectivity index (χ0) is 16.9. The smallest absolute Gasteiger partial charge is 0.349 e. The van der Waals surface area contributed by atoms with Crippen molar-refractivity contribution >= 4 is 22.6 Å². The van der Waals surface area contributed by atoms with Crippen LogP contribution >= 0.6 is 0 Å². The Kier molecular flexibility index (Phi) is 4.61. The number of para-hydroxylation sites is 1. The van der Waals surface area contributed by atoms with E-state index < -0.39 is 11.5 Å². The van der Waals surface area contributed by atoms with E-state index in [-0.39, 0.29) is 5.56 Å². The SMILES string of the molecule is CCCOc1ccc2cc(C(=O)Nc3ccccc3)c(=O)oc2c1. The van der Waals surface area contributed by atoms with Crippen LogP contribution in [-0.2, 0) is 0 Å². The number of ether oxygens (including phenoxy) is 1. The summed E-state index contributed by atoms with van der Waals surface area (Å²) in [6, 6.07) is 15.7. The minimum Gasteiger partial charge on any atom is -0.493 e. The third-order valence-corrected chi connectivity index (χ3v) is 3.46. The molecule has 24 heavy (non-hydrogen) atoms. The fourth-order valence-electron chi connectivity index (χ4n) is 2.28. The van der Waals surface area contributed by atoms with E-state index >= 15 is 0 Å². The van der Waals surface area contributed by atoms with E-state index in [0.29, 0.717) is 29.0 Å².